The first-order valence-electron chi connectivity index (χ1n) is 13.1. The van der Waals surface area contributed by atoms with Crippen LogP contribution < -0.4 is 10.1 Å². The van der Waals surface area contributed by atoms with Crippen molar-refractivity contribution in [2.75, 3.05) is 11.9 Å². The lowest BCUT2D eigenvalue weighted by Gasteiger charge is -2.11. The van der Waals surface area contributed by atoms with E-state index in [2.05, 4.69) is 43.1 Å². The molecule has 3 rings (SSSR count). The molecule has 40 heavy (non-hydrogen) atoms. The number of hydrogen-bond donors (Lipinski definition) is 1. The molecule has 0 aliphatic rings. The molecule has 2 amide bonds. The van der Waals surface area contributed by atoms with Crippen LogP contribution in [-0.4, -0.2) is 33.4 Å². The highest BCUT2D eigenvalue weighted by atomic mass is 79.9. The molecule has 0 aliphatic heterocycles. The molecule has 0 radical (unpaired) electrons. The number of nitro groups is 1. The third-order valence-electron chi connectivity index (χ3n) is 5.75. The summed E-state index contributed by atoms with van der Waals surface area (Å²) in [5, 5.41) is 14.4. The molecule has 1 heterocycles. The van der Waals surface area contributed by atoms with Crippen LogP contribution in [0.25, 0.3) is 0 Å². The number of hydrogen-bond acceptors (Lipinski definition) is 7. The van der Waals surface area contributed by atoms with Crippen molar-refractivity contribution < 1.29 is 19.2 Å². The zero-order valence-corrected chi connectivity index (χ0v) is 24.5. The van der Waals surface area contributed by atoms with Crippen molar-refractivity contribution in [1.29, 1.82) is 0 Å². The molecule has 0 unspecified atom stereocenters. The van der Waals surface area contributed by atoms with Gasteiger partial charge in [-0.1, -0.05) is 75.6 Å². The molecule has 0 bridgehead atoms. The lowest BCUT2D eigenvalue weighted by molar-refractivity contribution is -0.385. The van der Waals surface area contributed by atoms with E-state index in [9.17, 15) is 14.9 Å². The average molecular weight is 633 g/mol. The van der Waals surface area contributed by atoms with Crippen molar-refractivity contribution in [2.24, 2.45) is 4.99 Å². The first kappa shape index (κ1) is 31.0. The van der Waals surface area contributed by atoms with E-state index < -0.39 is 11.0 Å². The predicted octanol–water partition coefficient (Wildman–Crippen LogP) is 8.73. The summed E-state index contributed by atoms with van der Waals surface area (Å²) in [4.78, 5) is 36.0. The Hall–Kier alpha value is -3.57. The first-order valence-corrected chi connectivity index (χ1v) is 14.3. The molecule has 2 aromatic carbocycles. The number of benzene rings is 2. The Morgan fingerprint density at radius 2 is 1.73 bits per heavy atom. The Labute approximate surface area is 246 Å². The number of nitrogens with one attached hydrogen (secondary N) is 1. The van der Waals surface area contributed by atoms with Crippen LogP contribution >= 0.6 is 27.5 Å². The zero-order valence-electron chi connectivity index (χ0n) is 22.1. The lowest BCUT2D eigenvalue weighted by Crippen LogP contribution is -2.16. The van der Waals surface area contributed by atoms with Gasteiger partial charge in [-0.25, -0.2) is 14.8 Å². The SMILES string of the molecule is CCCCCCCCCCO/C(=N\C(=O)Nc1ccc(Oc2ncc(Br)cn2)c(Cl)c1)c1ccccc1[N+](=O)[O-]. The largest absolute Gasteiger partial charge is 0.477 e. The number of halogens is 2. The number of nitrogens with zero attached hydrogens (tertiary/aromatic N) is 4. The fourth-order valence-corrected chi connectivity index (χ4v) is 4.17. The minimum Gasteiger partial charge on any atom is -0.477 e. The molecule has 1 aromatic heterocycles. The van der Waals surface area contributed by atoms with Crippen LogP contribution in [0, 0.1) is 10.1 Å². The van der Waals surface area contributed by atoms with E-state index in [1.807, 2.05) is 0 Å². The molecule has 12 heteroatoms. The van der Waals surface area contributed by atoms with Gasteiger partial charge in [-0.15, -0.1) is 0 Å². The van der Waals surface area contributed by atoms with Crippen molar-refractivity contribution in [1.82, 2.24) is 9.97 Å². The maximum absolute atomic E-state index is 12.8. The van der Waals surface area contributed by atoms with Crippen LogP contribution in [-0.2, 0) is 4.74 Å². The van der Waals surface area contributed by atoms with Gasteiger partial charge in [0.15, 0.2) is 0 Å². The number of nitro benzene ring substituents is 1. The van der Waals surface area contributed by atoms with Gasteiger partial charge in [0, 0.05) is 24.1 Å². The van der Waals surface area contributed by atoms with E-state index in [1.54, 1.807) is 24.3 Å². The summed E-state index contributed by atoms with van der Waals surface area (Å²) in [7, 11) is 0. The van der Waals surface area contributed by atoms with Crippen molar-refractivity contribution >= 4 is 50.8 Å². The minimum absolute atomic E-state index is 0.106. The molecule has 0 spiro atoms. The Bertz CT molecular complexity index is 1310. The van der Waals surface area contributed by atoms with Gasteiger partial charge in [0.1, 0.15) is 11.3 Å². The molecular formula is C28H31BrClN5O5. The summed E-state index contributed by atoms with van der Waals surface area (Å²) >= 11 is 9.57. The van der Waals surface area contributed by atoms with Crippen LogP contribution in [0.5, 0.6) is 11.8 Å². The molecule has 212 valence electrons. The maximum atomic E-state index is 12.8. The maximum Gasteiger partial charge on any atom is 0.348 e. The highest BCUT2D eigenvalue weighted by molar-refractivity contribution is 9.10. The third kappa shape index (κ3) is 10.2. The second kappa shape index (κ2) is 16.5. The Morgan fingerprint density at radius 3 is 2.40 bits per heavy atom. The van der Waals surface area contributed by atoms with Crippen LogP contribution in [0.1, 0.15) is 63.9 Å². The molecule has 3 aromatic rings. The van der Waals surface area contributed by atoms with Gasteiger partial charge in [0.25, 0.3) is 5.69 Å². The molecule has 10 nitrogen and oxygen atoms in total. The monoisotopic (exact) mass is 631 g/mol. The summed E-state index contributed by atoms with van der Waals surface area (Å²) in [6.07, 6.45) is 12.0. The van der Waals surface area contributed by atoms with E-state index in [4.69, 9.17) is 21.1 Å². The van der Waals surface area contributed by atoms with Gasteiger partial charge in [0.05, 0.1) is 21.0 Å². The number of para-hydroxylation sites is 1. The number of anilines is 1. The highest BCUT2D eigenvalue weighted by Gasteiger charge is 2.20. The zero-order chi connectivity index (χ0) is 28.7. The Morgan fingerprint density at radius 1 is 1.05 bits per heavy atom. The number of carbonyl (C=O) groups excluding carboxylic acids is 1. The smallest absolute Gasteiger partial charge is 0.348 e. The van der Waals surface area contributed by atoms with Crippen LogP contribution in [0.2, 0.25) is 5.02 Å². The second-order valence-electron chi connectivity index (χ2n) is 8.88. The van der Waals surface area contributed by atoms with Gasteiger partial charge in [0.2, 0.25) is 5.90 Å². The summed E-state index contributed by atoms with van der Waals surface area (Å²) in [5.41, 5.74) is 0.260. The molecule has 0 saturated carbocycles. The Balaban J connectivity index is 1.66. The quantitative estimate of drug-likeness (QED) is 0.0618. The minimum atomic E-state index is -0.773. The molecule has 1 N–H and O–H groups in total. The lowest BCUT2D eigenvalue weighted by atomic mass is 10.1. The van der Waals surface area contributed by atoms with Gasteiger partial charge in [-0.05, 0) is 46.6 Å². The molecule has 0 aliphatic carbocycles. The number of unbranched alkanes of at least 4 members (excludes halogenated alkanes) is 7. The van der Waals surface area contributed by atoms with Crippen molar-refractivity contribution in [3.8, 4) is 11.8 Å². The standard InChI is InChI=1S/C28H31BrClN5O5/c1-2-3-4-5-6-7-8-11-16-39-26(22-12-9-10-13-24(22)35(37)38)34-27(36)33-21-14-15-25(23(30)17-21)40-28-31-18-20(29)19-32-28/h9-10,12-15,17-19H,2-8,11,16H2,1H3,(H,33,36)/b34-26-. The second-order valence-corrected chi connectivity index (χ2v) is 10.2. The summed E-state index contributed by atoms with van der Waals surface area (Å²) in [5.74, 6) is 0.172. The molecule has 0 atom stereocenters. The normalized spacial score (nSPS) is 11.2. The third-order valence-corrected chi connectivity index (χ3v) is 6.46. The van der Waals surface area contributed by atoms with Gasteiger partial charge in [-0.3, -0.25) is 10.1 Å². The average Bonchev–Trinajstić information content (AvgIpc) is 2.94. The van der Waals surface area contributed by atoms with Crippen LogP contribution in [0.4, 0.5) is 16.2 Å². The van der Waals surface area contributed by atoms with E-state index in [0.29, 0.717) is 15.9 Å². The number of rotatable bonds is 14. The van der Waals surface area contributed by atoms with E-state index in [-0.39, 0.29) is 34.8 Å². The van der Waals surface area contributed by atoms with Crippen LogP contribution in [0.3, 0.4) is 0 Å². The molecular weight excluding hydrogens is 602 g/mol. The van der Waals surface area contributed by atoms with Crippen LogP contribution in [0.15, 0.2) is 64.3 Å². The number of urea groups is 1. The predicted molar refractivity (Wildman–Crippen MR) is 158 cm³/mol. The Kier molecular flexibility index (Phi) is 12.8. The van der Waals surface area contributed by atoms with Gasteiger partial charge in [-0.2, -0.15) is 4.99 Å². The van der Waals surface area contributed by atoms with Gasteiger partial charge < -0.3 is 14.8 Å². The van der Waals surface area contributed by atoms with E-state index >= 15 is 0 Å². The number of aromatic nitrogens is 2. The van der Waals surface area contributed by atoms with Crippen molar-refractivity contribution in [2.45, 2.75) is 58.3 Å². The summed E-state index contributed by atoms with van der Waals surface area (Å²) in [6, 6.07) is 9.95. The number of ether oxygens (including phenoxy) is 2. The topological polar surface area (TPSA) is 129 Å². The fourth-order valence-electron chi connectivity index (χ4n) is 3.75. The van der Waals surface area contributed by atoms with Crippen molar-refractivity contribution in [3.05, 3.63) is 80.0 Å². The summed E-state index contributed by atoms with van der Waals surface area (Å²) in [6.45, 7) is 2.47. The van der Waals surface area contributed by atoms with E-state index in [0.717, 1.165) is 25.7 Å². The number of aliphatic imine (C=N–C) groups is 1. The number of amides is 2. The van der Waals surface area contributed by atoms with Crippen molar-refractivity contribution in [3.63, 3.8) is 0 Å². The molecule has 0 saturated heterocycles. The first-order chi connectivity index (χ1) is 19.4. The number of carbonyl (C=O) groups is 1. The fraction of sp³-hybridized carbons (Fsp3) is 0.357. The molecule has 0 fully saturated rings. The highest BCUT2D eigenvalue weighted by Crippen LogP contribution is 2.30. The van der Waals surface area contributed by atoms with Gasteiger partial charge >= 0.3 is 12.0 Å². The van der Waals surface area contributed by atoms with E-state index in [1.165, 1.54) is 56.3 Å². The summed E-state index contributed by atoms with van der Waals surface area (Å²) < 4.78 is 12.1.